The Morgan fingerprint density at radius 1 is 1.00 bits per heavy atom. The molecule has 2 aliphatic rings. The van der Waals surface area contributed by atoms with Crippen molar-refractivity contribution in [2.45, 2.75) is 51.9 Å². The molecule has 0 bridgehead atoms. The molecule has 4 atom stereocenters. The van der Waals surface area contributed by atoms with Crippen LogP contribution in [0.15, 0.2) is 0 Å². The molecule has 2 saturated carbocycles. The molecule has 14 heavy (non-hydrogen) atoms. The van der Waals surface area contributed by atoms with Gasteiger partial charge in [0.25, 0.3) is 0 Å². The summed E-state index contributed by atoms with van der Waals surface area (Å²) < 4.78 is 1.41. The van der Waals surface area contributed by atoms with Crippen LogP contribution in [0.3, 0.4) is 0 Å². The molecule has 2 aliphatic carbocycles. The molecule has 0 aliphatic heterocycles. The zero-order valence-corrected chi connectivity index (χ0v) is 11.5. The van der Waals surface area contributed by atoms with Crippen LogP contribution in [0.25, 0.3) is 0 Å². The van der Waals surface area contributed by atoms with Crippen LogP contribution in [0, 0.1) is 23.7 Å². The molecule has 2 fully saturated rings. The van der Waals surface area contributed by atoms with Crippen molar-refractivity contribution in [1.29, 1.82) is 0 Å². The molecule has 0 saturated heterocycles. The van der Waals surface area contributed by atoms with E-state index in [1.807, 2.05) is 0 Å². The number of hydrogen-bond acceptors (Lipinski definition) is 0. The van der Waals surface area contributed by atoms with Gasteiger partial charge in [-0.1, -0.05) is 55.2 Å². The van der Waals surface area contributed by atoms with Gasteiger partial charge < -0.3 is 0 Å². The molecule has 0 heterocycles. The third-order valence-electron chi connectivity index (χ3n) is 4.12. The topological polar surface area (TPSA) is 0 Å². The van der Waals surface area contributed by atoms with E-state index >= 15 is 0 Å². The number of hydrogen-bond donors (Lipinski definition) is 0. The molecule has 0 N–H and O–H groups in total. The molecule has 0 radical (unpaired) electrons. The first-order valence-electron chi connectivity index (χ1n) is 6.41. The largest absolute Gasteiger partial charge is 0.0861 e. The van der Waals surface area contributed by atoms with Gasteiger partial charge >= 0.3 is 0 Å². The van der Waals surface area contributed by atoms with Gasteiger partial charge in [-0.05, 0) is 42.9 Å². The second kappa shape index (κ2) is 5.18. The minimum absolute atomic E-state index is 1.12. The molecule has 0 spiro atoms. The molecule has 2 unspecified atom stereocenters. The van der Waals surface area contributed by atoms with Gasteiger partial charge in [0.2, 0.25) is 0 Å². The highest BCUT2D eigenvalue weighted by atomic mass is 127. The minimum Gasteiger partial charge on any atom is -0.0861 e. The molecule has 0 amide bonds. The Bertz CT molecular complexity index is 178. The predicted molar refractivity (Wildman–Crippen MR) is 70.8 cm³/mol. The lowest BCUT2D eigenvalue weighted by Gasteiger charge is -1.99. The summed E-state index contributed by atoms with van der Waals surface area (Å²) in [6.07, 6.45) is 10.6. The normalized spacial score (nSPS) is 39.9. The van der Waals surface area contributed by atoms with Crippen molar-refractivity contribution in [1.82, 2.24) is 0 Å². The van der Waals surface area contributed by atoms with E-state index in [9.17, 15) is 0 Å². The van der Waals surface area contributed by atoms with Crippen LogP contribution >= 0.6 is 22.6 Å². The third kappa shape index (κ3) is 3.11. The van der Waals surface area contributed by atoms with Crippen molar-refractivity contribution in [3.8, 4) is 0 Å². The number of halogens is 1. The number of alkyl halides is 1. The first kappa shape index (κ1) is 11.2. The van der Waals surface area contributed by atoms with E-state index in [4.69, 9.17) is 0 Å². The average molecular weight is 306 g/mol. The van der Waals surface area contributed by atoms with Crippen molar-refractivity contribution in [2.24, 2.45) is 23.7 Å². The highest BCUT2D eigenvalue weighted by Gasteiger charge is 2.44. The molecule has 2 rings (SSSR count). The fourth-order valence-electron chi connectivity index (χ4n) is 2.79. The molecule has 0 aromatic carbocycles. The maximum Gasteiger partial charge on any atom is 0.00264 e. The van der Waals surface area contributed by atoms with E-state index in [1.54, 1.807) is 25.7 Å². The van der Waals surface area contributed by atoms with Crippen molar-refractivity contribution < 1.29 is 0 Å². The lowest BCUT2D eigenvalue weighted by molar-refractivity contribution is 0.533. The van der Waals surface area contributed by atoms with Crippen LogP contribution < -0.4 is 0 Å². The molecule has 0 nitrogen and oxygen atoms in total. The van der Waals surface area contributed by atoms with Gasteiger partial charge in [0.1, 0.15) is 0 Å². The van der Waals surface area contributed by atoms with E-state index in [-0.39, 0.29) is 0 Å². The van der Waals surface area contributed by atoms with E-state index in [1.165, 1.54) is 23.7 Å². The second-order valence-electron chi connectivity index (χ2n) is 5.40. The zero-order valence-electron chi connectivity index (χ0n) is 9.34. The van der Waals surface area contributed by atoms with Gasteiger partial charge in [0, 0.05) is 4.43 Å². The Kier molecular flexibility index (Phi) is 4.15. The van der Waals surface area contributed by atoms with Gasteiger partial charge in [-0.25, -0.2) is 0 Å². The van der Waals surface area contributed by atoms with Gasteiger partial charge in [-0.15, -0.1) is 0 Å². The van der Waals surface area contributed by atoms with Crippen LogP contribution in [-0.2, 0) is 0 Å². The summed E-state index contributed by atoms with van der Waals surface area (Å²) in [6.45, 7) is 2.31. The van der Waals surface area contributed by atoms with E-state index < -0.39 is 0 Å². The Hall–Kier alpha value is 0.730. The summed E-state index contributed by atoms with van der Waals surface area (Å²) in [5, 5.41) is 0. The highest BCUT2D eigenvalue weighted by Crippen LogP contribution is 2.53. The SMILES string of the molecule is CCCCCC1C[C@@H]1CC1C[C@H]1CI. The Balaban J connectivity index is 1.50. The van der Waals surface area contributed by atoms with Crippen molar-refractivity contribution in [3.63, 3.8) is 0 Å². The van der Waals surface area contributed by atoms with E-state index in [0.717, 1.165) is 23.7 Å². The molecular formula is C13H23I. The van der Waals surface area contributed by atoms with Crippen LogP contribution in [-0.4, -0.2) is 4.43 Å². The maximum absolute atomic E-state index is 2.56. The first-order chi connectivity index (χ1) is 6.85. The zero-order chi connectivity index (χ0) is 9.97. The standard InChI is InChI=1S/C13H23I/c1-2-3-4-5-10-6-11(10)7-12-8-13(12)9-14/h10-13H,2-9H2,1H3/t10?,11-,12?,13+/m1/s1. The molecule has 1 heteroatoms. The Morgan fingerprint density at radius 3 is 2.36 bits per heavy atom. The second-order valence-corrected chi connectivity index (χ2v) is 6.28. The quantitative estimate of drug-likeness (QED) is 0.364. The van der Waals surface area contributed by atoms with Crippen LogP contribution in [0.1, 0.15) is 51.9 Å². The lowest BCUT2D eigenvalue weighted by Crippen LogP contribution is -1.89. The summed E-state index contributed by atoms with van der Waals surface area (Å²) >= 11 is 2.56. The highest BCUT2D eigenvalue weighted by molar-refractivity contribution is 14.1. The van der Waals surface area contributed by atoms with E-state index in [0.29, 0.717) is 0 Å². The fourth-order valence-corrected chi connectivity index (χ4v) is 3.86. The smallest absolute Gasteiger partial charge is 0.00264 e. The minimum atomic E-state index is 1.12. The van der Waals surface area contributed by atoms with Gasteiger partial charge in [0.05, 0.1) is 0 Å². The Labute approximate surface area is 102 Å². The maximum atomic E-state index is 2.56. The summed E-state index contributed by atoms with van der Waals surface area (Å²) in [5.41, 5.74) is 0. The number of unbranched alkanes of at least 4 members (excludes halogenated alkanes) is 2. The molecule has 0 aromatic heterocycles. The predicted octanol–water partition coefficient (Wildman–Crippen LogP) is 4.66. The first-order valence-corrected chi connectivity index (χ1v) is 7.93. The van der Waals surface area contributed by atoms with Crippen LogP contribution in [0.4, 0.5) is 0 Å². The molecule has 82 valence electrons. The van der Waals surface area contributed by atoms with Gasteiger partial charge in [-0.3, -0.25) is 0 Å². The van der Waals surface area contributed by atoms with Crippen molar-refractivity contribution >= 4 is 22.6 Å². The van der Waals surface area contributed by atoms with Crippen LogP contribution in [0.2, 0.25) is 0 Å². The van der Waals surface area contributed by atoms with Crippen molar-refractivity contribution in [3.05, 3.63) is 0 Å². The lowest BCUT2D eigenvalue weighted by atomic mass is 10.1. The summed E-state index contributed by atoms with van der Waals surface area (Å²) in [6, 6.07) is 0. The third-order valence-corrected chi connectivity index (χ3v) is 5.25. The van der Waals surface area contributed by atoms with E-state index in [2.05, 4.69) is 29.5 Å². The van der Waals surface area contributed by atoms with Gasteiger partial charge in [-0.2, -0.15) is 0 Å². The average Bonchev–Trinajstić information content (AvgIpc) is 3.06. The number of rotatable bonds is 7. The van der Waals surface area contributed by atoms with Crippen molar-refractivity contribution in [2.75, 3.05) is 4.43 Å². The summed E-state index contributed by atoms with van der Waals surface area (Å²) in [5.74, 6) is 4.57. The van der Waals surface area contributed by atoms with Crippen LogP contribution in [0.5, 0.6) is 0 Å². The monoisotopic (exact) mass is 306 g/mol. The summed E-state index contributed by atoms with van der Waals surface area (Å²) in [7, 11) is 0. The van der Waals surface area contributed by atoms with Gasteiger partial charge in [0.15, 0.2) is 0 Å². The molecular weight excluding hydrogens is 283 g/mol. The fraction of sp³-hybridized carbons (Fsp3) is 1.00. The summed E-state index contributed by atoms with van der Waals surface area (Å²) in [4.78, 5) is 0. The Morgan fingerprint density at radius 2 is 1.71 bits per heavy atom. The molecule has 0 aromatic rings.